The number of amides is 1. The highest BCUT2D eigenvalue weighted by Crippen LogP contribution is 2.49. The SMILES string of the molecule is CCC1CN(C(=O)C2CC2c2cccc(C)c2)CC1N1CCOCC1. The normalized spacial score (nSPS) is 32.8. The first-order valence-electron chi connectivity index (χ1n) is 9.84. The molecule has 1 aliphatic carbocycles. The van der Waals surface area contributed by atoms with Crippen LogP contribution in [0.2, 0.25) is 0 Å². The number of aryl methyl sites for hydroxylation is 1. The van der Waals surface area contributed by atoms with Gasteiger partial charge < -0.3 is 9.64 Å². The molecule has 4 rings (SSSR count). The number of hydrogen-bond donors (Lipinski definition) is 0. The maximum absolute atomic E-state index is 13.0. The van der Waals surface area contributed by atoms with Gasteiger partial charge in [-0.25, -0.2) is 0 Å². The van der Waals surface area contributed by atoms with Gasteiger partial charge in [0, 0.05) is 38.1 Å². The van der Waals surface area contributed by atoms with Crippen LogP contribution in [-0.4, -0.2) is 61.1 Å². The number of morpholine rings is 1. The topological polar surface area (TPSA) is 32.8 Å². The number of ether oxygens (including phenoxy) is 1. The molecule has 4 heteroatoms. The minimum Gasteiger partial charge on any atom is -0.379 e. The third-order valence-electron chi connectivity index (χ3n) is 6.34. The van der Waals surface area contributed by atoms with E-state index in [1.807, 2.05) is 0 Å². The first kappa shape index (κ1) is 17.0. The third-order valence-corrected chi connectivity index (χ3v) is 6.34. The number of hydrogen-bond acceptors (Lipinski definition) is 3. The van der Waals surface area contributed by atoms with Crippen molar-refractivity contribution in [1.82, 2.24) is 9.80 Å². The molecule has 1 amide bonds. The van der Waals surface area contributed by atoms with Crippen LogP contribution in [0.4, 0.5) is 0 Å². The van der Waals surface area contributed by atoms with Crippen LogP contribution < -0.4 is 0 Å². The summed E-state index contributed by atoms with van der Waals surface area (Å²) in [6, 6.07) is 9.19. The van der Waals surface area contributed by atoms with Crippen LogP contribution in [-0.2, 0) is 9.53 Å². The Morgan fingerprint density at radius 3 is 2.76 bits per heavy atom. The molecule has 3 fully saturated rings. The van der Waals surface area contributed by atoms with E-state index in [1.165, 1.54) is 11.1 Å². The van der Waals surface area contributed by atoms with E-state index in [2.05, 4.69) is 47.9 Å². The molecular weight excluding hydrogens is 312 g/mol. The van der Waals surface area contributed by atoms with Gasteiger partial charge in [-0.3, -0.25) is 9.69 Å². The number of nitrogens with zero attached hydrogens (tertiary/aromatic N) is 2. The molecule has 1 aromatic rings. The summed E-state index contributed by atoms with van der Waals surface area (Å²) in [6.07, 6.45) is 2.18. The Labute approximate surface area is 151 Å². The van der Waals surface area contributed by atoms with Crippen molar-refractivity contribution in [1.29, 1.82) is 0 Å². The Hall–Kier alpha value is -1.39. The van der Waals surface area contributed by atoms with E-state index in [1.54, 1.807) is 0 Å². The Kier molecular flexibility index (Phi) is 4.83. The molecular formula is C21H30N2O2. The number of rotatable bonds is 4. The molecule has 2 heterocycles. The van der Waals surface area contributed by atoms with Crippen molar-refractivity contribution < 1.29 is 9.53 Å². The monoisotopic (exact) mass is 342 g/mol. The van der Waals surface area contributed by atoms with Crippen molar-refractivity contribution in [3.8, 4) is 0 Å². The highest BCUT2D eigenvalue weighted by molar-refractivity contribution is 5.83. The van der Waals surface area contributed by atoms with E-state index in [-0.39, 0.29) is 5.92 Å². The maximum Gasteiger partial charge on any atom is 0.226 e. The van der Waals surface area contributed by atoms with Gasteiger partial charge in [0.2, 0.25) is 5.91 Å². The van der Waals surface area contributed by atoms with E-state index in [0.717, 1.165) is 52.2 Å². The van der Waals surface area contributed by atoms with Crippen LogP contribution in [0.25, 0.3) is 0 Å². The fraction of sp³-hybridized carbons (Fsp3) is 0.667. The van der Waals surface area contributed by atoms with E-state index < -0.39 is 0 Å². The Morgan fingerprint density at radius 1 is 1.24 bits per heavy atom. The first-order valence-corrected chi connectivity index (χ1v) is 9.84. The van der Waals surface area contributed by atoms with Gasteiger partial charge in [-0.1, -0.05) is 43.2 Å². The molecule has 2 aliphatic heterocycles. The zero-order chi connectivity index (χ0) is 17.4. The molecule has 1 aromatic carbocycles. The smallest absolute Gasteiger partial charge is 0.226 e. The second-order valence-corrected chi connectivity index (χ2v) is 7.99. The van der Waals surface area contributed by atoms with E-state index in [9.17, 15) is 4.79 Å². The van der Waals surface area contributed by atoms with Gasteiger partial charge in [-0.05, 0) is 30.7 Å². The van der Waals surface area contributed by atoms with Crippen molar-refractivity contribution in [2.24, 2.45) is 11.8 Å². The van der Waals surface area contributed by atoms with Gasteiger partial charge in [0.25, 0.3) is 0 Å². The molecule has 0 N–H and O–H groups in total. The molecule has 0 spiro atoms. The molecule has 4 atom stereocenters. The van der Waals surface area contributed by atoms with Gasteiger partial charge >= 0.3 is 0 Å². The Balaban J connectivity index is 1.40. The van der Waals surface area contributed by atoms with E-state index >= 15 is 0 Å². The standard InChI is InChI=1S/C21H30N2O2/c1-3-16-13-23(14-20(16)22-7-9-25-10-8-22)21(24)19-12-18(19)17-6-4-5-15(2)11-17/h4-6,11,16,18-20H,3,7-10,12-14H2,1-2H3. The minimum atomic E-state index is 0.211. The lowest BCUT2D eigenvalue weighted by molar-refractivity contribution is -0.132. The molecule has 136 valence electrons. The fourth-order valence-corrected chi connectivity index (χ4v) is 4.73. The van der Waals surface area contributed by atoms with E-state index in [0.29, 0.717) is 23.8 Å². The van der Waals surface area contributed by atoms with E-state index in [4.69, 9.17) is 4.74 Å². The summed E-state index contributed by atoms with van der Waals surface area (Å²) < 4.78 is 5.50. The van der Waals surface area contributed by atoms with Crippen LogP contribution in [0.3, 0.4) is 0 Å². The fourth-order valence-electron chi connectivity index (χ4n) is 4.73. The molecule has 0 radical (unpaired) electrons. The number of carbonyl (C=O) groups excluding carboxylic acids is 1. The lowest BCUT2D eigenvalue weighted by atomic mass is 9.99. The van der Waals surface area contributed by atoms with Crippen molar-refractivity contribution in [2.75, 3.05) is 39.4 Å². The Bertz CT molecular complexity index is 626. The van der Waals surface area contributed by atoms with Gasteiger partial charge in [0.15, 0.2) is 0 Å². The quantitative estimate of drug-likeness (QED) is 0.843. The van der Waals surface area contributed by atoms with Crippen molar-refractivity contribution in [2.45, 2.75) is 38.6 Å². The molecule has 4 nitrogen and oxygen atoms in total. The Morgan fingerprint density at radius 2 is 2.04 bits per heavy atom. The molecule has 1 saturated carbocycles. The van der Waals surface area contributed by atoms with Crippen LogP contribution >= 0.6 is 0 Å². The van der Waals surface area contributed by atoms with Gasteiger partial charge in [0.1, 0.15) is 0 Å². The molecule has 4 unspecified atom stereocenters. The zero-order valence-corrected chi connectivity index (χ0v) is 15.5. The summed E-state index contributed by atoms with van der Waals surface area (Å²) in [6.45, 7) is 9.93. The summed E-state index contributed by atoms with van der Waals surface area (Å²) in [5.41, 5.74) is 2.63. The summed E-state index contributed by atoms with van der Waals surface area (Å²) in [5, 5.41) is 0. The summed E-state index contributed by atoms with van der Waals surface area (Å²) in [7, 11) is 0. The maximum atomic E-state index is 13.0. The second-order valence-electron chi connectivity index (χ2n) is 7.99. The lowest BCUT2D eigenvalue weighted by Gasteiger charge is -2.34. The summed E-state index contributed by atoms with van der Waals surface area (Å²) in [5.74, 6) is 1.65. The first-order chi connectivity index (χ1) is 12.2. The van der Waals surface area contributed by atoms with Crippen molar-refractivity contribution in [3.63, 3.8) is 0 Å². The largest absolute Gasteiger partial charge is 0.379 e. The summed E-state index contributed by atoms with van der Waals surface area (Å²) >= 11 is 0. The number of likely N-dealkylation sites (tertiary alicyclic amines) is 1. The zero-order valence-electron chi connectivity index (χ0n) is 15.5. The third kappa shape index (κ3) is 3.47. The van der Waals surface area contributed by atoms with Crippen LogP contribution in [0.15, 0.2) is 24.3 Å². The van der Waals surface area contributed by atoms with Crippen LogP contribution in [0.5, 0.6) is 0 Å². The summed E-state index contributed by atoms with van der Waals surface area (Å²) in [4.78, 5) is 17.8. The lowest BCUT2D eigenvalue weighted by Crippen LogP contribution is -2.47. The molecule has 25 heavy (non-hydrogen) atoms. The van der Waals surface area contributed by atoms with Gasteiger partial charge in [-0.2, -0.15) is 0 Å². The highest BCUT2D eigenvalue weighted by Gasteiger charge is 2.48. The number of carbonyl (C=O) groups is 1. The number of benzene rings is 1. The average Bonchev–Trinajstić information content (AvgIpc) is 3.33. The van der Waals surface area contributed by atoms with Gasteiger partial charge in [-0.15, -0.1) is 0 Å². The molecule has 2 saturated heterocycles. The molecule has 3 aliphatic rings. The highest BCUT2D eigenvalue weighted by atomic mass is 16.5. The van der Waals surface area contributed by atoms with Gasteiger partial charge in [0.05, 0.1) is 13.2 Å². The average molecular weight is 342 g/mol. The van der Waals surface area contributed by atoms with Crippen LogP contribution in [0, 0.1) is 18.8 Å². The van der Waals surface area contributed by atoms with Crippen molar-refractivity contribution in [3.05, 3.63) is 35.4 Å². The molecule has 0 bridgehead atoms. The molecule has 0 aromatic heterocycles. The minimum absolute atomic E-state index is 0.211. The predicted molar refractivity (Wildman–Crippen MR) is 98.6 cm³/mol. The second kappa shape index (κ2) is 7.08. The van der Waals surface area contributed by atoms with Crippen LogP contribution in [0.1, 0.15) is 36.8 Å². The predicted octanol–water partition coefficient (Wildman–Crippen LogP) is 2.67. The van der Waals surface area contributed by atoms with Crippen molar-refractivity contribution >= 4 is 5.91 Å².